The number of hydrogen-bond donors (Lipinski definition) is 2. The molecule has 0 aliphatic heterocycles. The van der Waals surface area contributed by atoms with Gasteiger partial charge in [-0.15, -0.1) is 0 Å². The number of carbonyl (C=O) groups is 1. The van der Waals surface area contributed by atoms with Crippen molar-refractivity contribution >= 4 is 22.6 Å². The highest BCUT2D eigenvalue weighted by Crippen LogP contribution is 2.19. The lowest BCUT2D eigenvalue weighted by Crippen LogP contribution is -2.27. The first-order chi connectivity index (χ1) is 14.2. The van der Waals surface area contributed by atoms with E-state index in [2.05, 4.69) is 25.2 Å². The Hall–Kier alpha value is -3.67. The van der Waals surface area contributed by atoms with Gasteiger partial charge in [0, 0.05) is 67.3 Å². The molecule has 0 fully saturated rings. The predicted molar refractivity (Wildman–Crippen MR) is 115 cm³/mol. The Morgan fingerprint density at radius 2 is 1.86 bits per heavy atom. The van der Waals surface area contributed by atoms with E-state index in [1.165, 1.54) is 0 Å². The van der Waals surface area contributed by atoms with Crippen molar-refractivity contribution < 1.29 is 4.79 Å². The molecular weight excluding hydrogens is 362 g/mol. The molecule has 0 aliphatic rings. The molecule has 0 saturated heterocycles. The Balaban J connectivity index is 1.43. The first-order valence-corrected chi connectivity index (χ1v) is 9.61. The van der Waals surface area contributed by atoms with Crippen molar-refractivity contribution in [3.63, 3.8) is 0 Å². The van der Waals surface area contributed by atoms with E-state index in [4.69, 9.17) is 0 Å². The number of H-pyrrole nitrogens is 1. The van der Waals surface area contributed by atoms with Crippen molar-refractivity contribution in [3.8, 4) is 0 Å². The molecule has 29 heavy (non-hydrogen) atoms. The number of likely N-dealkylation sites (N-methyl/N-ethyl adjacent to an activating group) is 1. The van der Waals surface area contributed by atoms with Gasteiger partial charge in [0.05, 0.1) is 5.56 Å². The highest BCUT2D eigenvalue weighted by Gasteiger charge is 2.14. The first kappa shape index (κ1) is 18.7. The van der Waals surface area contributed by atoms with E-state index in [1.807, 2.05) is 67.8 Å². The molecule has 0 spiro atoms. The second-order valence-corrected chi connectivity index (χ2v) is 6.91. The predicted octanol–water partition coefficient (Wildman–Crippen LogP) is 3.57. The molecule has 0 bridgehead atoms. The topological polar surface area (TPSA) is 73.9 Å². The van der Waals surface area contributed by atoms with Crippen molar-refractivity contribution in [2.24, 2.45) is 0 Å². The maximum Gasteiger partial charge on any atom is 0.253 e. The van der Waals surface area contributed by atoms with Crippen LogP contribution in [-0.2, 0) is 13.0 Å². The summed E-state index contributed by atoms with van der Waals surface area (Å²) in [6.45, 7) is 1.20. The summed E-state index contributed by atoms with van der Waals surface area (Å²) in [6, 6.07) is 17.6. The number of nitrogens with one attached hydrogen (secondary N) is 2. The van der Waals surface area contributed by atoms with E-state index in [1.54, 1.807) is 12.4 Å². The molecular formula is C23H23N5O. The van der Waals surface area contributed by atoms with E-state index in [-0.39, 0.29) is 5.91 Å². The van der Waals surface area contributed by atoms with E-state index in [0.29, 0.717) is 12.1 Å². The van der Waals surface area contributed by atoms with Gasteiger partial charge in [0.15, 0.2) is 0 Å². The molecule has 1 aromatic carbocycles. The number of rotatable bonds is 7. The Kier molecular flexibility index (Phi) is 5.52. The quantitative estimate of drug-likeness (QED) is 0.510. The highest BCUT2D eigenvalue weighted by atomic mass is 16.1. The lowest BCUT2D eigenvalue weighted by atomic mass is 10.1. The van der Waals surface area contributed by atoms with Crippen LogP contribution in [0.1, 0.15) is 21.6 Å². The molecule has 0 atom stereocenters. The monoisotopic (exact) mass is 385 g/mol. The molecule has 4 rings (SSSR count). The minimum absolute atomic E-state index is 0.103. The molecule has 0 radical (unpaired) electrons. The van der Waals surface area contributed by atoms with Crippen LogP contribution < -0.4 is 10.2 Å². The van der Waals surface area contributed by atoms with E-state index in [0.717, 1.165) is 40.9 Å². The number of anilines is 1. The fraction of sp³-hybridized carbons (Fsp3) is 0.174. The zero-order chi connectivity index (χ0) is 20.1. The van der Waals surface area contributed by atoms with E-state index in [9.17, 15) is 4.79 Å². The van der Waals surface area contributed by atoms with Gasteiger partial charge in [-0.3, -0.25) is 9.78 Å². The number of hydrogen-bond acceptors (Lipinski definition) is 4. The summed E-state index contributed by atoms with van der Waals surface area (Å²) in [7, 11) is 2.01. The zero-order valence-electron chi connectivity index (χ0n) is 16.3. The molecule has 3 aromatic heterocycles. The number of benzene rings is 1. The van der Waals surface area contributed by atoms with Gasteiger partial charge in [-0.2, -0.15) is 0 Å². The van der Waals surface area contributed by atoms with Crippen molar-refractivity contribution in [3.05, 3.63) is 90.0 Å². The fourth-order valence-electron chi connectivity index (χ4n) is 3.38. The van der Waals surface area contributed by atoms with Gasteiger partial charge in [0.2, 0.25) is 0 Å². The molecule has 0 unspecified atom stereocenters. The van der Waals surface area contributed by atoms with Crippen LogP contribution in [0, 0.1) is 0 Å². The first-order valence-electron chi connectivity index (χ1n) is 9.61. The van der Waals surface area contributed by atoms with Gasteiger partial charge in [-0.05, 0) is 24.3 Å². The minimum atomic E-state index is -0.103. The number of pyridine rings is 2. The lowest BCUT2D eigenvalue weighted by molar-refractivity contribution is 0.0952. The van der Waals surface area contributed by atoms with Crippen molar-refractivity contribution in [1.82, 2.24) is 20.3 Å². The Morgan fingerprint density at radius 3 is 2.72 bits per heavy atom. The SMILES string of the molecule is CN(CCc1ccccn1)c1ncccc1CNC(=O)c1c[nH]c2ccccc12. The van der Waals surface area contributed by atoms with E-state index >= 15 is 0 Å². The maximum atomic E-state index is 12.7. The molecule has 0 aliphatic carbocycles. The summed E-state index contributed by atoms with van der Waals surface area (Å²) in [4.78, 5) is 26.9. The van der Waals surface area contributed by atoms with Crippen LogP contribution in [0.4, 0.5) is 5.82 Å². The smallest absolute Gasteiger partial charge is 0.253 e. The largest absolute Gasteiger partial charge is 0.360 e. The average molecular weight is 385 g/mol. The number of amides is 1. The summed E-state index contributed by atoms with van der Waals surface area (Å²) < 4.78 is 0. The van der Waals surface area contributed by atoms with E-state index < -0.39 is 0 Å². The van der Waals surface area contributed by atoms with Crippen LogP contribution in [-0.4, -0.2) is 34.5 Å². The fourth-order valence-corrected chi connectivity index (χ4v) is 3.38. The molecule has 6 nitrogen and oxygen atoms in total. The molecule has 146 valence electrons. The second-order valence-electron chi connectivity index (χ2n) is 6.91. The van der Waals surface area contributed by atoms with Gasteiger partial charge in [0.1, 0.15) is 5.82 Å². The molecule has 6 heteroatoms. The summed E-state index contributed by atoms with van der Waals surface area (Å²) >= 11 is 0. The zero-order valence-corrected chi connectivity index (χ0v) is 16.3. The summed E-state index contributed by atoms with van der Waals surface area (Å²) in [6.07, 6.45) is 6.16. The summed E-state index contributed by atoms with van der Waals surface area (Å²) in [5.41, 5.74) is 3.62. The van der Waals surface area contributed by atoms with Gasteiger partial charge >= 0.3 is 0 Å². The van der Waals surface area contributed by atoms with Crippen LogP contribution in [0.2, 0.25) is 0 Å². The highest BCUT2D eigenvalue weighted by molar-refractivity contribution is 6.06. The van der Waals surface area contributed by atoms with Crippen LogP contribution in [0.25, 0.3) is 10.9 Å². The number of nitrogens with zero attached hydrogens (tertiary/aromatic N) is 3. The van der Waals surface area contributed by atoms with Crippen molar-refractivity contribution in [2.75, 3.05) is 18.5 Å². The minimum Gasteiger partial charge on any atom is -0.360 e. The van der Waals surface area contributed by atoms with Crippen LogP contribution in [0.15, 0.2) is 73.2 Å². The molecule has 2 N–H and O–H groups in total. The van der Waals surface area contributed by atoms with Crippen molar-refractivity contribution in [2.45, 2.75) is 13.0 Å². The second kappa shape index (κ2) is 8.56. The maximum absolute atomic E-state index is 12.7. The molecule has 4 aromatic rings. The Labute approximate surface area is 169 Å². The standard InChI is InChI=1S/C23H23N5O/c1-28(14-11-18-8-4-5-12-24-18)22-17(7-6-13-25-22)15-27-23(29)20-16-26-21-10-3-2-9-19(20)21/h2-10,12-13,16,26H,11,14-15H2,1H3,(H,27,29). The van der Waals surface area contributed by atoms with Crippen LogP contribution in [0.5, 0.6) is 0 Å². The van der Waals surface area contributed by atoms with Gasteiger partial charge < -0.3 is 15.2 Å². The number of aromatic nitrogens is 3. The van der Waals surface area contributed by atoms with Crippen LogP contribution in [0.3, 0.4) is 0 Å². The van der Waals surface area contributed by atoms with Gasteiger partial charge in [-0.1, -0.05) is 30.3 Å². The number of aromatic amines is 1. The van der Waals surface area contributed by atoms with Gasteiger partial charge in [-0.25, -0.2) is 4.98 Å². The number of carbonyl (C=O) groups excluding carboxylic acids is 1. The molecule has 3 heterocycles. The summed E-state index contributed by atoms with van der Waals surface area (Å²) in [5, 5.41) is 3.94. The normalized spacial score (nSPS) is 10.8. The van der Waals surface area contributed by atoms with Crippen LogP contribution >= 0.6 is 0 Å². The Morgan fingerprint density at radius 1 is 1.03 bits per heavy atom. The molecule has 1 amide bonds. The third-order valence-corrected chi connectivity index (χ3v) is 4.93. The van der Waals surface area contributed by atoms with Crippen molar-refractivity contribution in [1.29, 1.82) is 0 Å². The third kappa shape index (κ3) is 4.27. The molecule has 0 saturated carbocycles. The van der Waals surface area contributed by atoms with Gasteiger partial charge in [0.25, 0.3) is 5.91 Å². The summed E-state index contributed by atoms with van der Waals surface area (Å²) in [5.74, 6) is 0.760. The number of fused-ring (bicyclic) bond motifs is 1. The third-order valence-electron chi connectivity index (χ3n) is 4.93. The number of para-hydroxylation sites is 1. The lowest BCUT2D eigenvalue weighted by Gasteiger charge is -2.21. The average Bonchev–Trinajstić information content (AvgIpc) is 3.21. The Bertz CT molecular complexity index is 1110.